The molecule has 0 aliphatic heterocycles. The van der Waals surface area contributed by atoms with Crippen LogP contribution in [0.5, 0.6) is 0 Å². The van der Waals surface area contributed by atoms with E-state index in [4.69, 9.17) is 5.73 Å². The van der Waals surface area contributed by atoms with Crippen molar-refractivity contribution < 1.29 is 4.79 Å². The molecule has 3 N–H and O–H groups in total. The van der Waals surface area contributed by atoms with Crippen molar-refractivity contribution in [2.24, 2.45) is 0 Å². The molecule has 4 heteroatoms. The van der Waals surface area contributed by atoms with Crippen LogP contribution >= 0.6 is 12.4 Å². The third-order valence-electron chi connectivity index (χ3n) is 3.69. The summed E-state index contributed by atoms with van der Waals surface area (Å²) >= 11 is 0. The molecule has 0 radical (unpaired) electrons. The minimum Gasteiger partial charge on any atom is -0.399 e. The van der Waals surface area contributed by atoms with Crippen molar-refractivity contribution in [3.05, 3.63) is 59.2 Å². The van der Waals surface area contributed by atoms with Gasteiger partial charge >= 0.3 is 0 Å². The summed E-state index contributed by atoms with van der Waals surface area (Å²) in [5.74, 6) is 0.0177. The number of nitrogens with one attached hydrogen (secondary N) is 1. The fourth-order valence-corrected chi connectivity index (χ4v) is 2.36. The number of anilines is 2. The van der Waals surface area contributed by atoms with Gasteiger partial charge in [0, 0.05) is 17.8 Å². The summed E-state index contributed by atoms with van der Waals surface area (Å²) in [7, 11) is 0. The van der Waals surface area contributed by atoms with Crippen LogP contribution < -0.4 is 11.1 Å². The van der Waals surface area contributed by atoms with E-state index >= 15 is 0 Å². The normalized spacial score (nSPS) is 9.91. The molecule has 1 amide bonds. The van der Waals surface area contributed by atoms with Gasteiger partial charge in [-0.3, -0.25) is 4.79 Å². The van der Waals surface area contributed by atoms with Crippen LogP contribution in [-0.4, -0.2) is 5.91 Å². The van der Waals surface area contributed by atoms with Crippen LogP contribution in [0.2, 0.25) is 0 Å². The summed E-state index contributed by atoms with van der Waals surface area (Å²) in [4.78, 5) is 12.0. The highest BCUT2D eigenvalue weighted by Crippen LogP contribution is 2.17. The highest BCUT2D eigenvalue weighted by molar-refractivity contribution is 5.91. The lowest BCUT2D eigenvalue weighted by Gasteiger charge is -2.09. The van der Waals surface area contributed by atoms with Gasteiger partial charge in [-0.1, -0.05) is 31.2 Å². The van der Waals surface area contributed by atoms with E-state index in [1.807, 2.05) is 42.5 Å². The zero-order valence-electron chi connectivity index (χ0n) is 13.1. The van der Waals surface area contributed by atoms with Crippen molar-refractivity contribution in [1.82, 2.24) is 0 Å². The molecule has 0 aliphatic rings. The van der Waals surface area contributed by atoms with Gasteiger partial charge in [0.25, 0.3) is 0 Å². The second-order valence-corrected chi connectivity index (χ2v) is 5.24. The van der Waals surface area contributed by atoms with Crippen molar-refractivity contribution in [1.29, 1.82) is 0 Å². The van der Waals surface area contributed by atoms with Crippen molar-refractivity contribution >= 4 is 29.7 Å². The fraction of sp³-hybridized carbons (Fsp3) is 0.278. The molecule has 2 rings (SSSR count). The molecule has 3 nitrogen and oxygen atoms in total. The van der Waals surface area contributed by atoms with Crippen LogP contribution in [0.15, 0.2) is 42.5 Å². The molecule has 0 fully saturated rings. The summed E-state index contributed by atoms with van der Waals surface area (Å²) in [6, 6.07) is 13.7. The highest BCUT2D eigenvalue weighted by Gasteiger charge is 2.06. The second-order valence-electron chi connectivity index (χ2n) is 5.24. The van der Waals surface area contributed by atoms with Gasteiger partial charge in [-0.25, -0.2) is 0 Å². The van der Waals surface area contributed by atoms with E-state index in [0.717, 1.165) is 23.4 Å². The summed E-state index contributed by atoms with van der Waals surface area (Å²) in [6.07, 6.45) is 2.06. The molecule has 0 heterocycles. The van der Waals surface area contributed by atoms with Gasteiger partial charge in [0.05, 0.1) is 0 Å². The third-order valence-corrected chi connectivity index (χ3v) is 3.69. The smallest absolute Gasteiger partial charge is 0.224 e. The lowest BCUT2D eigenvalue weighted by atomic mass is 10.1. The maximum absolute atomic E-state index is 12.0. The summed E-state index contributed by atoms with van der Waals surface area (Å²) < 4.78 is 0. The predicted octanol–water partition coefficient (Wildman–Crippen LogP) is 4.13. The highest BCUT2D eigenvalue weighted by atomic mass is 35.5. The largest absolute Gasteiger partial charge is 0.399 e. The van der Waals surface area contributed by atoms with Crippen LogP contribution in [0.4, 0.5) is 11.4 Å². The lowest BCUT2D eigenvalue weighted by molar-refractivity contribution is -0.116. The average Bonchev–Trinajstić information content (AvgIpc) is 2.48. The minimum atomic E-state index is 0. The first-order valence-corrected chi connectivity index (χ1v) is 7.33. The van der Waals surface area contributed by atoms with Crippen molar-refractivity contribution in [3.8, 4) is 0 Å². The van der Waals surface area contributed by atoms with Gasteiger partial charge < -0.3 is 11.1 Å². The quantitative estimate of drug-likeness (QED) is 0.814. The zero-order chi connectivity index (χ0) is 15.2. The van der Waals surface area contributed by atoms with Crippen LogP contribution in [0.3, 0.4) is 0 Å². The number of aryl methyl sites for hydroxylation is 3. The number of nitrogens with two attached hydrogens (primary N) is 1. The molecule has 0 aliphatic carbocycles. The molecule has 0 unspecified atom stereocenters. The molecule has 118 valence electrons. The van der Waals surface area contributed by atoms with Crippen molar-refractivity contribution in [3.63, 3.8) is 0 Å². The summed E-state index contributed by atoms with van der Waals surface area (Å²) in [6.45, 7) is 4.20. The molecule has 0 saturated heterocycles. The van der Waals surface area contributed by atoms with E-state index in [2.05, 4.69) is 19.2 Å². The Hall–Kier alpha value is -2.00. The van der Waals surface area contributed by atoms with Crippen molar-refractivity contribution in [2.45, 2.75) is 33.1 Å². The van der Waals surface area contributed by atoms with Gasteiger partial charge in [0.2, 0.25) is 5.91 Å². The van der Waals surface area contributed by atoms with Crippen LogP contribution in [0.25, 0.3) is 0 Å². The van der Waals surface area contributed by atoms with Gasteiger partial charge in [-0.2, -0.15) is 0 Å². The van der Waals surface area contributed by atoms with Crippen molar-refractivity contribution in [2.75, 3.05) is 11.1 Å². The molecule has 0 atom stereocenters. The number of carbonyl (C=O) groups is 1. The Balaban J connectivity index is 0.00000242. The Kier molecular flexibility index (Phi) is 6.93. The molecule has 0 bridgehead atoms. The number of para-hydroxylation sites is 1. The summed E-state index contributed by atoms with van der Waals surface area (Å²) in [5, 5.41) is 2.95. The number of nitrogen functional groups attached to an aromatic ring is 1. The predicted molar refractivity (Wildman–Crippen MR) is 95.6 cm³/mol. The van der Waals surface area contributed by atoms with Crippen LogP contribution in [0.1, 0.15) is 30.0 Å². The first-order valence-electron chi connectivity index (χ1n) is 7.33. The molecule has 0 aromatic heterocycles. The number of halogens is 1. The SMILES string of the molecule is CCc1cc(NC(=O)CCc2ccccc2N)ccc1C.Cl. The number of hydrogen-bond acceptors (Lipinski definition) is 2. The maximum Gasteiger partial charge on any atom is 0.224 e. The second kappa shape index (κ2) is 8.44. The van der Waals surface area contributed by atoms with E-state index in [0.29, 0.717) is 12.8 Å². The summed E-state index contributed by atoms with van der Waals surface area (Å²) in [5.41, 5.74) is 11.0. The lowest BCUT2D eigenvalue weighted by Crippen LogP contribution is -2.13. The van der Waals surface area contributed by atoms with Gasteiger partial charge in [-0.15, -0.1) is 12.4 Å². The van der Waals surface area contributed by atoms with E-state index in [-0.39, 0.29) is 18.3 Å². The Morgan fingerprint density at radius 2 is 1.86 bits per heavy atom. The average molecular weight is 319 g/mol. The molecule has 22 heavy (non-hydrogen) atoms. The van der Waals surface area contributed by atoms with E-state index in [9.17, 15) is 4.79 Å². The minimum absolute atomic E-state index is 0. The third kappa shape index (κ3) is 4.78. The Morgan fingerprint density at radius 3 is 2.55 bits per heavy atom. The maximum atomic E-state index is 12.0. The van der Waals surface area contributed by atoms with Crippen LogP contribution in [0, 0.1) is 6.92 Å². The topological polar surface area (TPSA) is 55.1 Å². The molecule has 0 spiro atoms. The first kappa shape index (κ1) is 18.1. The first-order chi connectivity index (χ1) is 10.1. The Morgan fingerprint density at radius 1 is 1.14 bits per heavy atom. The standard InChI is InChI=1S/C18H22N2O.ClH/c1-3-14-12-16(10-8-13(14)2)20-18(21)11-9-15-6-4-5-7-17(15)19;/h4-8,10,12H,3,9,11,19H2,1-2H3,(H,20,21);1H. The monoisotopic (exact) mass is 318 g/mol. The number of benzene rings is 2. The van der Waals surface area contributed by atoms with Gasteiger partial charge in [0.15, 0.2) is 0 Å². The molecule has 0 saturated carbocycles. The molecule has 2 aromatic rings. The molecule has 2 aromatic carbocycles. The Bertz CT molecular complexity index is 641. The number of carbonyl (C=O) groups excluding carboxylic acids is 1. The van der Waals surface area contributed by atoms with Crippen LogP contribution in [-0.2, 0) is 17.6 Å². The van der Waals surface area contributed by atoms with E-state index in [1.54, 1.807) is 0 Å². The fourth-order valence-electron chi connectivity index (χ4n) is 2.36. The van der Waals surface area contributed by atoms with Gasteiger partial charge in [0.1, 0.15) is 0 Å². The van der Waals surface area contributed by atoms with E-state index in [1.165, 1.54) is 11.1 Å². The number of amides is 1. The van der Waals surface area contributed by atoms with E-state index < -0.39 is 0 Å². The molecular weight excluding hydrogens is 296 g/mol. The molecular formula is C18H23ClN2O. The number of rotatable bonds is 5. The van der Waals surface area contributed by atoms with Gasteiger partial charge in [-0.05, 0) is 54.7 Å². The zero-order valence-corrected chi connectivity index (χ0v) is 13.9. The Labute approximate surface area is 138 Å². The number of hydrogen-bond donors (Lipinski definition) is 2.